The van der Waals surface area contributed by atoms with E-state index in [0.717, 1.165) is 5.56 Å². The van der Waals surface area contributed by atoms with E-state index in [0.29, 0.717) is 11.3 Å². The fourth-order valence-electron chi connectivity index (χ4n) is 1.74. The van der Waals surface area contributed by atoms with Crippen molar-refractivity contribution in [3.05, 3.63) is 52.0 Å². The lowest BCUT2D eigenvalue weighted by Gasteiger charge is -2.09. The quantitative estimate of drug-likeness (QED) is 0.915. The van der Waals surface area contributed by atoms with Crippen LogP contribution < -0.4 is 4.74 Å². The fraction of sp³-hybridized carbons (Fsp3) is 0.0714. The maximum absolute atomic E-state index is 11.1. The lowest BCUT2D eigenvalue weighted by atomic mass is 10.0. The second-order valence-corrected chi connectivity index (χ2v) is 4.60. The molecule has 98 valence electrons. The molecule has 3 nitrogen and oxygen atoms in total. The molecule has 0 fully saturated rings. The first kappa shape index (κ1) is 13.7. The van der Waals surface area contributed by atoms with Crippen LogP contribution in [0.1, 0.15) is 10.4 Å². The summed E-state index contributed by atoms with van der Waals surface area (Å²) < 4.78 is 5.07. The van der Waals surface area contributed by atoms with Crippen molar-refractivity contribution >= 4 is 29.2 Å². The zero-order chi connectivity index (χ0) is 14.0. The molecular weight excluding hydrogens is 287 g/mol. The Morgan fingerprint density at radius 1 is 1.11 bits per heavy atom. The minimum absolute atomic E-state index is 0.0864. The zero-order valence-electron chi connectivity index (χ0n) is 9.98. The third-order valence-electron chi connectivity index (χ3n) is 2.71. The summed E-state index contributed by atoms with van der Waals surface area (Å²) >= 11 is 12.0. The Labute approximate surface area is 120 Å². The van der Waals surface area contributed by atoms with Gasteiger partial charge in [-0.3, -0.25) is 0 Å². The minimum atomic E-state index is -1.15. The van der Waals surface area contributed by atoms with E-state index in [1.807, 2.05) is 0 Å². The predicted molar refractivity (Wildman–Crippen MR) is 75.4 cm³/mol. The molecule has 1 N–H and O–H groups in total. The van der Waals surface area contributed by atoms with Gasteiger partial charge in [0.2, 0.25) is 0 Å². The van der Waals surface area contributed by atoms with Crippen LogP contribution in [0.25, 0.3) is 11.1 Å². The van der Waals surface area contributed by atoms with E-state index in [1.165, 1.54) is 6.07 Å². The Morgan fingerprint density at radius 2 is 1.74 bits per heavy atom. The van der Waals surface area contributed by atoms with Crippen molar-refractivity contribution in [1.29, 1.82) is 0 Å². The van der Waals surface area contributed by atoms with Crippen molar-refractivity contribution in [2.75, 3.05) is 7.11 Å². The lowest BCUT2D eigenvalue weighted by molar-refractivity contribution is 0.0697. The molecule has 0 aliphatic carbocycles. The number of carboxylic acid groups (broad SMARTS) is 1. The Kier molecular flexibility index (Phi) is 3.98. The van der Waals surface area contributed by atoms with Gasteiger partial charge in [0.05, 0.1) is 22.7 Å². The number of rotatable bonds is 3. The summed E-state index contributed by atoms with van der Waals surface area (Å²) in [5, 5.41) is 9.36. The van der Waals surface area contributed by atoms with Crippen LogP contribution >= 0.6 is 23.2 Å². The maximum Gasteiger partial charge on any atom is 0.338 e. The number of hydrogen-bond donors (Lipinski definition) is 1. The van der Waals surface area contributed by atoms with Crippen LogP contribution in [-0.2, 0) is 0 Å². The molecule has 19 heavy (non-hydrogen) atoms. The van der Waals surface area contributed by atoms with Crippen molar-refractivity contribution in [2.45, 2.75) is 0 Å². The molecule has 0 aliphatic heterocycles. The molecule has 0 aromatic heterocycles. The fourth-order valence-corrected chi connectivity index (χ4v) is 2.38. The summed E-state index contributed by atoms with van der Waals surface area (Å²) in [6.45, 7) is 0. The van der Waals surface area contributed by atoms with Crippen molar-refractivity contribution in [3.63, 3.8) is 0 Å². The summed E-state index contributed by atoms with van der Waals surface area (Å²) in [7, 11) is 1.58. The number of aromatic carboxylic acids is 1. The zero-order valence-corrected chi connectivity index (χ0v) is 11.5. The molecule has 0 saturated carbocycles. The third kappa shape index (κ3) is 2.67. The number of methoxy groups -OCH3 is 1. The average Bonchev–Trinajstić information content (AvgIpc) is 2.39. The molecule has 0 radical (unpaired) electrons. The Bertz CT molecular complexity index is 621. The van der Waals surface area contributed by atoms with Crippen LogP contribution in [0.5, 0.6) is 5.75 Å². The molecular formula is C14H10Cl2O3. The molecule has 5 heteroatoms. The van der Waals surface area contributed by atoms with Gasteiger partial charge in [-0.1, -0.05) is 41.4 Å². The molecule has 2 aromatic rings. The van der Waals surface area contributed by atoms with Gasteiger partial charge in [-0.15, -0.1) is 0 Å². The number of carboxylic acids is 1. The van der Waals surface area contributed by atoms with E-state index in [9.17, 15) is 4.79 Å². The van der Waals surface area contributed by atoms with Crippen LogP contribution in [-0.4, -0.2) is 18.2 Å². The molecule has 0 bridgehead atoms. The molecule has 0 heterocycles. The Balaban J connectivity index is 2.56. The molecule has 0 atom stereocenters. The van der Waals surface area contributed by atoms with Crippen molar-refractivity contribution < 1.29 is 14.6 Å². The van der Waals surface area contributed by atoms with Crippen LogP contribution in [0.2, 0.25) is 10.0 Å². The van der Waals surface area contributed by atoms with E-state index in [2.05, 4.69) is 0 Å². The molecule has 0 aliphatic rings. The highest BCUT2D eigenvalue weighted by Gasteiger charge is 2.17. The predicted octanol–water partition coefficient (Wildman–Crippen LogP) is 4.37. The van der Waals surface area contributed by atoms with E-state index in [4.69, 9.17) is 33.0 Å². The third-order valence-corrected chi connectivity index (χ3v) is 3.41. The Morgan fingerprint density at radius 3 is 2.26 bits per heavy atom. The number of ether oxygens (including phenoxy) is 1. The van der Waals surface area contributed by atoms with Gasteiger partial charge in [-0.05, 0) is 23.8 Å². The lowest BCUT2D eigenvalue weighted by Crippen LogP contribution is -2.00. The Hall–Kier alpha value is -1.71. The minimum Gasteiger partial charge on any atom is -0.497 e. The monoisotopic (exact) mass is 296 g/mol. The van der Waals surface area contributed by atoms with E-state index in [-0.39, 0.29) is 15.6 Å². The maximum atomic E-state index is 11.1. The van der Waals surface area contributed by atoms with E-state index in [1.54, 1.807) is 37.4 Å². The van der Waals surface area contributed by atoms with Gasteiger partial charge >= 0.3 is 5.97 Å². The van der Waals surface area contributed by atoms with Gasteiger partial charge in [0.15, 0.2) is 0 Å². The highest BCUT2D eigenvalue weighted by Crippen LogP contribution is 2.35. The van der Waals surface area contributed by atoms with Gasteiger partial charge < -0.3 is 9.84 Å². The number of carbonyl (C=O) groups is 1. The first-order chi connectivity index (χ1) is 9.04. The number of halogens is 2. The SMILES string of the molecule is COc1ccc(-c2ccc(Cl)c(C(=O)O)c2Cl)cc1. The molecule has 0 saturated heterocycles. The summed E-state index contributed by atoms with van der Waals surface area (Å²) in [6.07, 6.45) is 0. The van der Waals surface area contributed by atoms with Crippen LogP contribution in [0.3, 0.4) is 0 Å². The normalized spacial score (nSPS) is 10.3. The van der Waals surface area contributed by atoms with Crippen molar-refractivity contribution in [3.8, 4) is 16.9 Å². The first-order valence-corrected chi connectivity index (χ1v) is 6.16. The highest BCUT2D eigenvalue weighted by molar-refractivity contribution is 6.41. The van der Waals surface area contributed by atoms with Crippen molar-refractivity contribution in [2.24, 2.45) is 0 Å². The second kappa shape index (κ2) is 5.51. The van der Waals surface area contributed by atoms with Gasteiger partial charge in [0.25, 0.3) is 0 Å². The first-order valence-electron chi connectivity index (χ1n) is 5.40. The van der Waals surface area contributed by atoms with Crippen LogP contribution in [0.15, 0.2) is 36.4 Å². The highest BCUT2D eigenvalue weighted by atomic mass is 35.5. The topological polar surface area (TPSA) is 46.5 Å². The standard InChI is InChI=1S/C14H10Cl2O3/c1-19-9-4-2-8(3-5-9)10-6-7-11(15)12(13(10)16)14(17)18/h2-7H,1H3,(H,17,18). The average molecular weight is 297 g/mol. The van der Waals surface area contributed by atoms with Gasteiger partial charge in [0.1, 0.15) is 5.75 Å². The second-order valence-electron chi connectivity index (χ2n) is 3.82. The number of benzene rings is 2. The smallest absolute Gasteiger partial charge is 0.338 e. The molecule has 2 rings (SSSR count). The van der Waals surface area contributed by atoms with E-state index < -0.39 is 5.97 Å². The molecule has 0 unspecified atom stereocenters. The van der Waals surface area contributed by atoms with Crippen LogP contribution in [0, 0.1) is 0 Å². The number of hydrogen-bond acceptors (Lipinski definition) is 2. The molecule has 2 aromatic carbocycles. The molecule has 0 amide bonds. The van der Waals surface area contributed by atoms with Gasteiger partial charge in [0, 0.05) is 5.56 Å². The summed E-state index contributed by atoms with van der Waals surface area (Å²) in [5.41, 5.74) is 1.33. The van der Waals surface area contributed by atoms with Gasteiger partial charge in [-0.2, -0.15) is 0 Å². The summed E-state index contributed by atoms with van der Waals surface area (Å²) in [4.78, 5) is 11.1. The van der Waals surface area contributed by atoms with Gasteiger partial charge in [-0.25, -0.2) is 4.79 Å². The summed E-state index contributed by atoms with van der Waals surface area (Å²) in [5.74, 6) is -0.433. The summed E-state index contributed by atoms with van der Waals surface area (Å²) in [6, 6.07) is 10.4. The van der Waals surface area contributed by atoms with Crippen molar-refractivity contribution in [1.82, 2.24) is 0 Å². The largest absolute Gasteiger partial charge is 0.497 e. The van der Waals surface area contributed by atoms with E-state index >= 15 is 0 Å². The molecule has 0 spiro atoms. The van der Waals surface area contributed by atoms with Crippen LogP contribution in [0.4, 0.5) is 0 Å².